The summed E-state index contributed by atoms with van der Waals surface area (Å²) < 4.78 is 3.45. The Kier molecular flexibility index (Phi) is 5.67. The molecular formula is C24H23ClN8O. The maximum Gasteiger partial charge on any atom is 0.263 e. The molecule has 0 spiro atoms. The van der Waals surface area contributed by atoms with Gasteiger partial charge >= 0.3 is 0 Å². The van der Waals surface area contributed by atoms with Crippen LogP contribution >= 0.6 is 11.6 Å². The molecule has 34 heavy (non-hydrogen) atoms. The fourth-order valence-electron chi connectivity index (χ4n) is 3.91. The Morgan fingerprint density at radius 3 is 2.79 bits per heavy atom. The average Bonchev–Trinajstić information content (AvgIpc) is 3.56. The Morgan fingerprint density at radius 1 is 1.26 bits per heavy atom. The predicted octanol–water partition coefficient (Wildman–Crippen LogP) is 3.45. The van der Waals surface area contributed by atoms with Gasteiger partial charge in [0.2, 0.25) is 0 Å². The average molecular weight is 475 g/mol. The van der Waals surface area contributed by atoms with E-state index in [4.69, 9.17) is 22.3 Å². The molecule has 1 atom stereocenters. The first-order valence-electron chi connectivity index (χ1n) is 11.1. The highest BCUT2D eigenvalue weighted by Gasteiger charge is 2.31. The number of hydrogen-bond donors (Lipinski definition) is 2. The Bertz CT molecular complexity index is 1510. The first kappa shape index (κ1) is 21.9. The summed E-state index contributed by atoms with van der Waals surface area (Å²) in [6.07, 6.45) is 5.72. The molecule has 0 bridgehead atoms. The van der Waals surface area contributed by atoms with Gasteiger partial charge in [0.15, 0.2) is 0 Å². The number of fused-ring (bicyclic) bond motifs is 1. The highest BCUT2D eigenvalue weighted by molar-refractivity contribution is 6.35. The van der Waals surface area contributed by atoms with Crippen LogP contribution in [0.3, 0.4) is 0 Å². The van der Waals surface area contributed by atoms with Crippen molar-refractivity contribution in [3.05, 3.63) is 69.2 Å². The summed E-state index contributed by atoms with van der Waals surface area (Å²) in [6, 6.07) is 6.95. The van der Waals surface area contributed by atoms with Crippen LogP contribution in [-0.4, -0.2) is 29.3 Å². The van der Waals surface area contributed by atoms with Crippen LogP contribution in [0.2, 0.25) is 5.02 Å². The number of anilines is 2. The van der Waals surface area contributed by atoms with E-state index in [0.717, 1.165) is 12.8 Å². The van der Waals surface area contributed by atoms with Crippen LogP contribution in [0.15, 0.2) is 41.6 Å². The second-order valence-corrected chi connectivity index (χ2v) is 8.63. The van der Waals surface area contributed by atoms with Crippen molar-refractivity contribution in [2.45, 2.75) is 38.3 Å². The van der Waals surface area contributed by atoms with Gasteiger partial charge in [0, 0.05) is 19.3 Å². The Labute approximate surface area is 201 Å². The van der Waals surface area contributed by atoms with Crippen molar-refractivity contribution in [2.24, 2.45) is 7.05 Å². The van der Waals surface area contributed by atoms with Crippen LogP contribution < -0.4 is 16.6 Å². The number of aryl methyl sites for hydroxylation is 1. The van der Waals surface area contributed by atoms with E-state index in [2.05, 4.69) is 32.2 Å². The lowest BCUT2D eigenvalue weighted by Crippen LogP contribution is -2.29. The molecule has 0 amide bonds. The molecule has 1 aliphatic carbocycles. The van der Waals surface area contributed by atoms with Gasteiger partial charge in [0.1, 0.15) is 35.0 Å². The molecule has 1 aliphatic rings. The zero-order valence-corrected chi connectivity index (χ0v) is 19.5. The van der Waals surface area contributed by atoms with E-state index in [1.165, 1.54) is 6.33 Å². The first-order valence-corrected chi connectivity index (χ1v) is 11.4. The molecule has 3 heterocycles. The van der Waals surface area contributed by atoms with E-state index in [9.17, 15) is 4.79 Å². The van der Waals surface area contributed by atoms with Crippen LogP contribution in [0.1, 0.15) is 55.4 Å². The third-order valence-corrected chi connectivity index (χ3v) is 6.07. The molecule has 3 aromatic heterocycles. The number of rotatable bonds is 5. The largest absolute Gasteiger partial charge is 0.382 e. The standard InChI is InChI=1S/C24H23ClN8O/c1-3-18(23-30-19-6-4-5-17(25)20(19)24(34)33(23)15-8-9-15)29-22-16(21(26)27-13-28-22)10-7-14-11-12-32(2)31-14/h4-6,11-13,15,18H,3,8-9H2,1-2H3,(H3,26,27,28,29). The molecule has 3 N–H and O–H groups in total. The summed E-state index contributed by atoms with van der Waals surface area (Å²) in [4.78, 5) is 26.8. The van der Waals surface area contributed by atoms with E-state index in [-0.39, 0.29) is 23.5 Å². The monoisotopic (exact) mass is 474 g/mol. The van der Waals surface area contributed by atoms with Crippen molar-refractivity contribution in [2.75, 3.05) is 11.1 Å². The zero-order chi connectivity index (χ0) is 23.8. The van der Waals surface area contributed by atoms with Gasteiger partial charge < -0.3 is 11.1 Å². The van der Waals surface area contributed by atoms with Gasteiger partial charge in [-0.15, -0.1) is 0 Å². The maximum absolute atomic E-state index is 13.4. The van der Waals surface area contributed by atoms with Gasteiger partial charge in [-0.2, -0.15) is 5.10 Å². The number of halogens is 1. The lowest BCUT2D eigenvalue weighted by Gasteiger charge is -2.22. The molecule has 1 unspecified atom stereocenters. The van der Waals surface area contributed by atoms with Crippen molar-refractivity contribution in [3.8, 4) is 11.8 Å². The minimum absolute atomic E-state index is 0.116. The molecule has 5 rings (SSSR count). The second kappa shape index (κ2) is 8.80. The molecule has 1 aromatic carbocycles. The number of nitrogens with zero attached hydrogens (tertiary/aromatic N) is 6. The normalized spacial score (nSPS) is 14.0. The van der Waals surface area contributed by atoms with Gasteiger partial charge in [0.25, 0.3) is 5.56 Å². The molecule has 172 valence electrons. The molecule has 4 aromatic rings. The van der Waals surface area contributed by atoms with Gasteiger partial charge in [0.05, 0.1) is 22.0 Å². The number of nitrogens with one attached hydrogen (secondary N) is 1. The van der Waals surface area contributed by atoms with Crippen LogP contribution in [0.25, 0.3) is 10.9 Å². The van der Waals surface area contributed by atoms with E-state index in [1.54, 1.807) is 21.4 Å². The molecule has 0 saturated heterocycles. The van der Waals surface area contributed by atoms with E-state index >= 15 is 0 Å². The Morgan fingerprint density at radius 2 is 2.09 bits per heavy atom. The van der Waals surface area contributed by atoms with Crippen LogP contribution in [0.4, 0.5) is 11.6 Å². The predicted molar refractivity (Wildman–Crippen MR) is 132 cm³/mol. The lowest BCUT2D eigenvalue weighted by molar-refractivity contribution is 0.578. The third kappa shape index (κ3) is 4.08. The topological polar surface area (TPSA) is 117 Å². The first-order chi connectivity index (χ1) is 16.5. The number of nitrogens with two attached hydrogens (primary N) is 1. The minimum Gasteiger partial charge on any atom is -0.382 e. The summed E-state index contributed by atoms with van der Waals surface area (Å²) in [7, 11) is 1.83. The molecular weight excluding hydrogens is 452 g/mol. The Balaban J connectivity index is 1.59. The van der Waals surface area contributed by atoms with Crippen molar-refractivity contribution in [1.29, 1.82) is 0 Å². The highest BCUT2D eigenvalue weighted by atomic mass is 35.5. The van der Waals surface area contributed by atoms with Crippen LogP contribution in [0.5, 0.6) is 0 Å². The van der Waals surface area contributed by atoms with Gasteiger partial charge in [-0.3, -0.25) is 14.0 Å². The smallest absolute Gasteiger partial charge is 0.263 e. The third-order valence-electron chi connectivity index (χ3n) is 5.75. The molecule has 10 heteroatoms. The maximum atomic E-state index is 13.4. The van der Waals surface area contributed by atoms with Gasteiger partial charge in [-0.1, -0.05) is 30.5 Å². The van der Waals surface area contributed by atoms with E-state index < -0.39 is 0 Å². The fourth-order valence-corrected chi connectivity index (χ4v) is 4.16. The molecule has 1 saturated carbocycles. The summed E-state index contributed by atoms with van der Waals surface area (Å²) >= 11 is 6.36. The number of nitrogen functional groups attached to an aromatic ring is 1. The minimum atomic E-state index is -0.304. The van der Waals surface area contributed by atoms with Gasteiger partial charge in [-0.25, -0.2) is 15.0 Å². The summed E-state index contributed by atoms with van der Waals surface area (Å²) in [5.41, 5.74) is 7.68. The fraction of sp³-hybridized carbons (Fsp3) is 0.292. The summed E-state index contributed by atoms with van der Waals surface area (Å²) in [5.74, 6) is 7.43. The van der Waals surface area contributed by atoms with Crippen molar-refractivity contribution in [3.63, 3.8) is 0 Å². The number of benzene rings is 1. The molecule has 1 fully saturated rings. The number of aromatic nitrogens is 6. The highest BCUT2D eigenvalue weighted by Crippen LogP contribution is 2.37. The van der Waals surface area contributed by atoms with Crippen molar-refractivity contribution >= 4 is 34.1 Å². The SMILES string of the molecule is CCC(Nc1ncnc(N)c1C#Cc1ccn(C)n1)c1nc2cccc(Cl)c2c(=O)n1C1CC1. The Hall–Kier alpha value is -3.90. The molecule has 9 nitrogen and oxygen atoms in total. The van der Waals surface area contributed by atoms with Gasteiger partial charge in [-0.05, 0) is 43.4 Å². The van der Waals surface area contributed by atoms with Crippen LogP contribution in [-0.2, 0) is 7.05 Å². The quantitative estimate of drug-likeness (QED) is 0.425. The number of hydrogen-bond acceptors (Lipinski definition) is 7. The molecule has 0 radical (unpaired) electrons. The van der Waals surface area contributed by atoms with E-state index in [0.29, 0.717) is 45.2 Å². The lowest BCUT2D eigenvalue weighted by atomic mass is 10.1. The van der Waals surface area contributed by atoms with Crippen LogP contribution in [0, 0.1) is 11.8 Å². The van der Waals surface area contributed by atoms with E-state index in [1.807, 2.05) is 32.3 Å². The van der Waals surface area contributed by atoms with Crippen molar-refractivity contribution in [1.82, 2.24) is 29.3 Å². The zero-order valence-electron chi connectivity index (χ0n) is 18.8. The van der Waals surface area contributed by atoms with Crippen molar-refractivity contribution < 1.29 is 0 Å². The summed E-state index contributed by atoms with van der Waals surface area (Å²) in [5, 5.41) is 8.54. The second-order valence-electron chi connectivity index (χ2n) is 8.22. The summed E-state index contributed by atoms with van der Waals surface area (Å²) in [6.45, 7) is 2.02. The molecule has 0 aliphatic heterocycles.